The average Bonchev–Trinajstić information content (AvgIpc) is 1.81. The van der Waals surface area contributed by atoms with E-state index in [4.69, 9.17) is 5.11 Å². The van der Waals surface area contributed by atoms with Crippen LogP contribution in [-0.4, -0.2) is 27.8 Å². The number of carboxylic acid groups (broad SMARTS) is 1. The predicted octanol–water partition coefficient (Wildman–Crippen LogP) is 0.674. The summed E-state index contributed by atoms with van der Waals surface area (Å²) in [5, 5.41) is 11.1. The van der Waals surface area contributed by atoms with Gasteiger partial charge in [0.1, 0.15) is 6.04 Å². The molecule has 0 spiro atoms. The zero-order valence-electron chi connectivity index (χ0n) is 8.00. The molecule has 76 valence electrons. The molecule has 0 aliphatic heterocycles. The summed E-state index contributed by atoms with van der Waals surface area (Å²) >= 11 is 4.20. The maximum atomic E-state index is 10.7. The van der Waals surface area contributed by atoms with Crippen molar-refractivity contribution in [3.05, 3.63) is 0 Å². The minimum absolute atomic E-state index is 0.297. The van der Waals surface area contributed by atoms with Crippen LogP contribution < -0.4 is 5.32 Å². The van der Waals surface area contributed by atoms with E-state index >= 15 is 0 Å². The molecule has 0 saturated carbocycles. The lowest BCUT2D eigenvalue weighted by molar-refractivity contribution is -0.141. The van der Waals surface area contributed by atoms with Gasteiger partial charge >= 0.3 is 5.97 Å². The Hall–Kier alpha value is -0.710. The van der Waals surface area contributed by atoms with Gasteiger partial charge in [0.15, 0.2) is 0 Å². The predicted molar refractivity (Wildman–Crippen MR) is 52.9 cm³/mol. The van der Waals surface area contributed by atoms with Crippen LogP contribution in [0.4, 0.5) is 0 Å². The lowest BCUT2D eigenvalue weighted by atomic mass is 10.0. The number of nitrogens with one attached hydrogen (secondary N) is 1. The lowest BCUT2D eigenvalue weighted by Gasteiger charge is -2.22. The fraction of sp³-hybridized carbons (Fsp3) is 0.750. The Morgan fingerprint density at radius 3 is 2.23 bits per heavy atom. The van der Waals surface area contributed by atoms with Gasteiger partial charge in [-0.25, -0.2) is 4.79 Å². The molecule has 1 atom stereocenters. The first-order valence-electron chi connectivity index (χ1n) is 3.94. The molecule has 13 heavy (non-hydrogen) atoms. The van der Waals surface area contributed by atoms with Crippen molar-refractivity contribution in [2.75, 3.05) is 0 Å². The standard InChI is InChI=1S/C8H15NO3S/c1-5(10)9-6(7(11)12)4-8(2,3)13/h6,13H,4H2,1-3H3,(H,9,10)(H,11,12)/t6-/m0/s1. The Morgan fingerprint density at radius 1 is 1.54 bits per heavy atom. The van der Waals surface area contributed by atoms with Crippen LogP contribution in [0.25, 0.3) is 0 Å². The van der Waals surface area contributed by atoms with E-state index < -0.39 is 16.8 Å². The Kier molecular flexibility index (Phi) is 4.26. The van der Waals surface area contributed by atoms with Gasteiger partial charge in [-0.05, 0) is 6.42 Å². The van der Waals surface area contributed by atoms with Gasteiger partial charge in [0.2, 0.25) is 5.91 Å². The summed E-state index contributed by atoms with van der Waals surface area (Å²) < 4.78 is -0.411. The Bertz CT molecular complexity index is 210. The van der Waals surface area contributed by atoms with Gasteiger partial charge < -0.3 is 10.4 Å². The van der Waals surface area contributed by atoms with E-state index in [0.29, 0.717) is 6.42 Å². The van der Waals surface area contributed by atoms with Gasteiger partial charge in [-0.3, -0.25) is 4.79 Å². The summed E-state index contributed by atoms with van der Waals surface area (Å²) in [5.74, 6) is -1.37. The zero-order chi connectivity index (χ0) is 10.6. The molecule has 0 aliphatic carbocycles. The molecule has 0 aromatic carbocycles. The molecule has 0 aromatic rings. The van der Waals surface area contributed by atoms with E-state index in [0.717, 1.165) is 0 Å². The van der Waals surface area contributed by atoms with Crippen LogP contribution in [0.1, 0.15) is 27.2 Å². The van der Waals surface area contributed by atoms with Gasteiger partial charge in [0.05, 0.1) is 0 Å². The highest BCUT2D eigenvalue weighted by molar-refractivity contribution is 7.81. The fourth-order valence-corrected chi connectivity index (χ4v) is 1.13. The Morgan fingerprint density at radius 2 is 2.00 bits per heavy atom. The molecule has 0 aromatic heterocycles. The third kappa shape index (κ3) is 6.45. The molecule has 0 saturated heterocycles. The molecule has 5 heteroatoms. The molecule has 0 fully saturated rings. The maximum Gasteiger partial charge on any atom is 0.326 e. The van der Waals surface area contributed by atoms with Crippen molar-refractivity contribution in [2.45, 2.75) is 38.0 Å². The largest absolute Gasteiger partial charge is 0.480 e. The lowest BCUT2D eigenvalue weighted by Crippen LogP contribution is -2.42. The zero-order valence-corrected chi connectivity index (χ0v) is 8.89. The number of carboxylic acids is 1. The second-order valence-electron chi connectivity index (χ2n) is 3.61. The van der Waals surface area contributed by atoms with Gasteiger partial charge in [0, 0.05) is 11.7 Å². The number of carbonyl (C=O) groups is 2. The van der Waals surface area contributed by atoms with E-state index in [9.17, 15) is 9.59 Å². The van der Waals surface area contributed by atoms with Crippen molar-refractivity contribution in [3.8, 4) is 0 Å². The summed E-state index contributed by atoms with van der Waals surface area (Å²) in [7, 11) is 0. The number of hydrogen-bond donors (Lipinski definition) is 3. The Balaban J connectivity index is 4.27. The first-order chi connectivity index (χ1) is 5.72. The van der Waals surface area contributed by atoms with Gasteiger partial charge in [-0.15, -0.1) is 0 Å². The van der Waals surface area contributed by atoms with Crippen molar-refractivity contribution in [3.63, 3.8) is 0 Å². The molecular formula is C8H15NO3S. The van der Waals surface area contributed by atoms with Crippen LogP contribution >= 0.6 is 12.6 Å². The normalized spacial score (nSPS) is 13.5. The van der Waals surface area contributed by atoms with Crippen LogP contribution in [0.15, 0.2) is 0 Å². The third-order valence-electron chi connectivity index (χ3n) is 1.38. The van der Waals surface area contributed by atoms with E-state index in [1.165, 1.54) is 6.92 Å². The maximum absolute atomic E-state index is 10.7. The highest BCUT2D eigenvalue weighted by atomic mass is 32.1. The van der Waals surface area contributed by atoms with E-state index in [2.05, 4.69) is 17.9 Å². The first-order valence-corrected chi connectivity index (χ1v) is 4.39. The van der Waals surface area contributed by atoms with Gasteiger partial charge in [-0.2, -0.15) is 12.6 Å². The monoisotopic (exact) mass is 205 g/mol. The highest BCUT2D eigenvalue weighted by Gasteiger charge is 2.25. The number of rotatable bonds is 4. The van der Waals surface area contributed by atoms with Gasteiger partial charge in [-0.1, -0.05) is 13.8 Å². The molecule has 0 heterocycles. The third-order valence-corrected chi connectivity index (χ3v) is 1.56. The molecule has 0 radical (unpaired) electrons. The summed E-state index contributed by atoms with van der Waals surface area (Å²) in [5.41, 5.74) is 0. The van der Waals surface area contributed by atoms with Crippen molar-refractivity contribution >= 4 is 24.5 Å². The van der Waals surface area contributed by atoms with E-state index in [1.807, 2.05) is 0 Å². The summed E-state index contributed by atoms with van der Waals surface area (Å²) in [6.45, 7) is 4.89. The van der Waals surface area contributed by atoms with Crippen LogP contribution in [0.2, 0.25) is 0 Å². The van der Waals surface area contributed by atoms with Crippen molar-refractivity contribution in [2.24, 2.45) is 0 Å². The number of carbonyl (C=O) groups excluding carboxylic acids is 1. The van der Waals surface area contributed by atoms with Crippen LogP contribution in [-0.2, 0) is 9.59 Å². The summed E-state index contributed by atoms with van der Waals surface area (Å²) in [6, 6.07) is -0.856. The smallest absolute Gasteiger partial charge is 0.326 e. The minimum atomic E-state index is -1.03. The highest BCUT2D eigenvalue weighted by Crippen LogP contribution is 2.19. The Labute approximate surface area is 83.1 Å². The van der Waals surface area contributed by atoms with Crippen LogP contribution in [0.3, 0.4) is 0 Å². The average molecular weight is 205 g/mol. The first kappa shape index (κ1) is 12.3. The van der Waals surface area contributed by atoms with Gasteiger partial charge in [0.25, 0.3) is 0 Å². The number of amides is 1. The molecule has 4 nitrogen and oxygen atoms in total. The molecule has 0 bridgehead atoms. The van der Waals surface area contributed by atoms with Crippen molar-refractivity contribution < 1.29 is 14.7 Å². The summed E-state index contributed by atoms with van der Waals surface area (Å²) in [6.07, 6.45) is 0.297. The molecule has 0 rings (SSSR count). The SMILES string of the molecule is CC(=O)N[C@@H](CC(C)(C)S)C(=O)O. The second kappa shape index (κ2) is 4.50. The van der Waals surface area contributed by atoms with Crippen LogP contribution in [0.5, 0.6) is 0 Å². The molecule has 0 aliphatic rings. The van der Waals surface area contributed by atoms with E-state index in [-0.39, 0.29) is 5.91 Å². The quantitative estimate of drug-likeness (QED) is 0.591. The summed E-state index contributed by atoms with van der Waals surface area (Å²) in [4.78, 5) is 21.3. The van der Waals surface area contributed by atoms with E-state index in [1.54, 1.807) is 13.8 Å². The second-order valence-corrected chi connectivity index (χ2v) is 4.82. The molecular weight excluding hydrogens is 190 g/mol. The van der Waals surface area contributed by atoms with Crippen molar-refractivity contribution in [1.82, 2.24) is 5.32 Å². The number of thiol groups is 1. The molecule has 2 N–H and O–H groups in total. The van der Waals surface area contributed by atoms with Crippen LogP contribution in [0, 0.1) is 0 Å². The number of hydrogen-bond acceptors (Lipinski definition) is 3. The fourth-order valence-electron chi connectivity index (χ4n) is 0.945. The van der Waals surface area contributed by atoms with Crippen molar-refractivity contribution in [1.29, 1.82) is 0 Å². The number of aliphatic carboxylic acids is 1. The minimum Gasteiger partial charge on any atom is -0.480 e. The molecule has 0 unspecified atom stereocenters. The molecule has 1 amide bonds. The topological polar surface area (TPSA) is 66.4 Å².